The molecule has 7 nitrogen and oxygen atoms in total. The lowest BCUT2D eigenvalue weighted by atomic mass is 9.98. The third-order valence-corrected chi connectivity index (χ3v) is 6.05. The molecule has 0 aromatic heterocycles. The molecule has 9 heteroatoms. The highest BCUT2D eigenvalue weighted by atomic mass is 19.1. The summed E-state index contributed by atoms with van der Waals surface area (Å²) in [5.74, 6) is -4.24. The Kier molecular flexibility index (Phi) is 7.09. The van der Waals surface area contributed by atoms with Gasteiger partial charge in [-0.05, 0) is 34.7 Å². The molecule has 4 N–H and O–H groups in total. The van der Waals surface area contributed by atoms with Gasteiger partial charge in [-0.15, -0.1) is 0 Å². The third kappa shape index (κ3) is 5.01. The summed E-state index contributed by atoms with van der Waals surface area (Å²) in [6, 6.07) is 16.7. The van der Waals surface area contributed by atoms with Gasteiger partial charge < -0.3 is 25.4 Å². The molecule has 0 heterocycles. The highest BCUT2D eigenvalue weighted by Gasteiger charge is 2.29. The summed E-state index contributed by atoms with van der Waals surface area (Å²) < 4.78 is 33.0. The maximum absolute atomic E-state index is 14.0. The van der Waals surface area contributed by atoms with Crippen molar-refractivity contribution in [1.29, 1.82) is 0 Å². The number of aromatic carboxylic acids is 1. The standard InChI is InChI=1S/C26H23F2NO6/c27-21-12-22(28)19(25(32)33)11-18(21)24(31)23(30)9-10-29-26(34)35-13-20-16-7-3-1-5-14(16)15-6-2-4-8-17(15)20/h1-8,11-12,20,23-24,30-31H,9-10,13H2,(H,29,34)(H,32,33). The molecule has 0 radical (unpaired) electrons. The zero-order valence-corrected chi connectivity index (χ0v) is 18.4. The first kappa shape index (κ1) is 24.3. The van der Waals surface area contributed by atoms with E-state index in [1.807, 2.05) is 48.5 Å². The predicted octanol–water partition coefficient (Wildman–Crippen LogP) is 3.99. The smallest absolute Gasteiger partial charge is 0.407 e. The number of ether oxygens (including phenoxy) is 1. The van der Waals surface area contributed by atoms with E-state index in [0.29, 0.717) is 12.1 Å². The van der Waals surface area contributed by atoms with E-state index in [4.69, 9.17) is 9.84 Å². The van der Waals surface area contributed by atoms with Crippen molar-refractivity contribution in [3.63, 3.8) is 0 Å². The molecule has 35 heavy (non-hydrogen) atoms. The predicted molar refractivity (Wildman–Crippen MR) is 122 cm³/mol. The Balaban J connectivity index is 1.31. The first-order valence-electron chi connectivity index (χ1n) is 10.9. The van der Waals surface area contributed by atoms with Crippen LogP contribution in [0.1, 0.15) is 45.5 Å². The molecule has 3 aromatic rings. The number of carbonyl (C=O) groups excluding carboxylic acids is 1. The van der Waals surface area contributed by atoms with Crippen LogP contribution in [0, 0.1) is 11.6 Å². The molecule has 1 aliphatic rings. The number of alkyl carbamates (subject to hydrolysis) is 1. The lowest BCUT2D eigenvalue weighted by Crippen LogP contribution is -2.31. The van der Waals surface area contributed by atoms with Crippen molar-refractivity contribution in [3.05, 3.63) is 94.6 Å². The molecule has 0 spiro atoms. The minimum Gasteiger partial charge on any atom is -0.478 e. The Bertz CT molecular complexity index is 1220. The topological polar surface area (TPSA) is 116 Å². The van der Waals surface area contributed by atoms with Crippen LogP contribution in [-0.2, 0) is 4.74 Å². The van der Waals surface area contributed by atoms with E-state index in [9.17, 15) is 28.6 Å². The first-order valence-corrected chi connectivity index (χ1v) is 10.9. The van der Waals surface area contributed by atoms with E-state index in [-0.39, 0.29) is 25.5 Å². The average Bonchev–Trinajstić information content (AvgIpc) is 3.16. The lowest BCUT2D eigenvalue weighted by Gasteiger charge is -2.20. The van der Waals surface area contributed by atoms with Crippen molar-refractivity contribution in [2.24, 2.45) is 0 Å². The SMILES string of the molecule is O=C(NCCC(O)C(O)c1cc(C(=O)O)c(F)cc1F)OCC1c2ccccc2-c2ccccc21. The lowest BCUT2D eigenvalue weighted by molar-refractivity contribution is 0.0115. The molecule has 0 saturated carbocycles. The molecule has 0 fully saturated rings. The number of fused-ring (bicyclic) bond motifs is 3. The number of carboxylic acid groups (broad SMARTS) is 1. The second kappa shape index (κ2) is 10.2. The van der Waals surface area contributed by atoms with Gasteiger partial charge in [0.1, 0.15) is 24.3 Å². The van der Waals surface area contributed by atoms with Crippen LogP contribution in [0.3, 0.4) is 0 Å². The molecule has 4 rings (SSSR count). The molecule has 2 unspecified atom stereocenters. The molecule has 0 bridgehead atoms. The van der Waals surface area contributed by atoms with E-state index < -0.39 is 47.0 Å². The van der Waals surface area contributed by atoms with Gasteiger partial charge in [0.15, 0.2) is 0 Å². The van der Waals surface area contributed by atoms with Crippen molar-refractivity contribution < 1.29 is 38.4 Å². The van der Waals surface area contributed by atoms with E-state index in [0.717, 1.165) is 22.3 Å². The minimum atomic E-state index is -1.82. The summed E-state index contributed by atoms with van der Waals surface area (Å²) in [5.41, 5.74) is 2.91. The number of carboxylic acids is 1. The Morgan fingerprint density at radius 1 is 0.943 bits per heavy atom. The molecule has 0 aliphatic heterocycles. The molecular weight excluding hydrogens is 460 g/mol. The highest BCUT2D eigenvalue weighted by molar-refractivity contribution is 5.88. The number of aliphatic hydroxyl groups is 2. The van der Waals surface area contributed by atoms with Crippen LogP contribution in [0.2, 0.25) is 0 Å². The number of carbonyl (C=O) groups is 2. The van der Waals surface area contributed by atoms with E-state index >= 15 is 0 Å². The fourth-order valence-corrected chi connectivity index (χ4v) is 4.29. The van der Waals surface area contributed by atoms with Crippen molar-refractivity contribution in [2.45, 2.75) is 24.5 Å². The Morgan fingerprint density at radius 3 is 2.14 bits per heavy atom. The summed E-state index contributed by atoms with van der Waals surface area (Å²) >= 11 is 0. The van der Waals surface area contributed by atoms with Gasteiger partial charge in [-0.2, -0.15) is 0 Å². The van der Waals surface area contributed by atoms with Gasteiger partial charge in [-0.3, -0.25) is 0 Å². The fourth-order valence-electron chi connectivity index (χ4n) is 4.29. The quantitative estimate of drug-likeness (QED) is 0.385. The van der Waals surface area contributed by atoms with E-state index in [1.54, 1.807) is 0 Å². The van der Waals surface area contributed by atoms with Gasteiger partial charge in [0.05, 0.1) is 11.7 Å². The van der Waals surface area contributed by atoms with Crippen LogP contribution < -0.4 is 5.32 Å². The Hall–Kier alpha value is -3.82. The van der Waals surface area contributed by atoms with Gasteiger partial charge in [0, 0.05) is 24.1 Å². The molecule has 182 valence electrons. The number of halogens is 2. The first-order chi connectivity index (χ1) is 16.8. The molecule has 2 atom stereocenters. The monoisotopic (exact) mass is 483 g/mol. The maximum Gasteiger partial charge on any atom is 0.407 e. The summed E-state index contributed by atoms with van der Waals surface area (Å²) in [6.45, 7) is -0.00665. The number of hydrogen-bond acceptors (Lipinski definition) is 5. The second-order valence-corrected chi connectivity index (χ2v) is 8.21. The van der Waals surface area contributed by atoms with Gasteiger partial charge in [-0.25, -0.2) is 18.4 Å². The molecular formula is C26H23F2NO6. The largest absolute Gasteiger partial charge is 0.478 e. The normalized spacial score (nSPS) is 14.1. The molecule has 3 aromatic carbocycles. The number of nitrogens with one attached hydrogen (secondary N) is 1. The highest BCUT2D eigenvalue weighted by Crippen LogP contribution is 2.44. The molecule has 1 amide bonds. The van der Waals surface area contributed by atoms with Crippen LogP contribution in [0.4, 0.5) is 13.6 Å². The third-order valence-electron chi connectivity index (χ3n) is 6.05. The van der Waals surface area contributed by atoms with E-state index in [2.05, 4.69) is 5.32 Å². The number of hydrogen-bond donors (Lipinski definition) is 4. The van der Waals surface area contributed by atoms with Crippen molar-refractivity contribution in [1.82, 2.24) is 5.32 Å². The van der Waals surface area contributed by atoms with Gasteiger partial charge in [0.2, 0.25) is 0 Å². The summed E-state index contributed by atoms with van der Waals surface area (Å²) in [4.78, 5) is 23.3. The fraction of sp³-hybridized carbons (Fsp3) is 0.231. The van der Waals surface area contributed by atoms with Crippen LogP contribution >= 0.6 is 0 Å². The molecule has 1 aliphatic carbocycles. The van der Waals surface area contributed by atoms with Crippen molar-refractivity contribution in [2.75, 3.05) is 13.2 Å². The number of amides is 1. The Morgan fingerprint density at radius 2 is 1.54 bits per heavy atom. The van der Waals surface area contributed by atoms with Gasteiger partial charge in [-0.1, -0.05) is 48.5 Å². The molecule has 0 saturated heterocycles. The zero-order chi connectivity index (χ0) is 25.1. The maximum atomic E-state index is 14.0. The number of rotatable bonds is 8. The zero-order valence-electron chi connectivity index (χ0n) is 18.4. The summed E-state index contributed by atoms with van der Waals surface area (Å²) in [5, 5.41) is 31.8. The number of benzene rings is 3. The van der Waals surface area contributed by atoms with Crippen LogP contribution in [0.15, 0.2) is 60.7 Å². The van der Waals surface area contributed by atoms with Crippen molar-refractivity contribution >= 4 is 12.1 Å². The minimum absolute atomic E-state index is 0.101. The Labute approximate surface area is 199 Å². The van der Waals surface area contributed by atoms with Crippen LogP contribution in [-0.4, -0.2) is 46.6 Å². The van der Waals surface area contributed by atoms with Crippen LogP contribution in [0.5, 0.6) is 0 Å². The summed E-state index contributed by atoms with van der Waals surface area (Å²) in [7, 11) is 0. The average molecular weight is 483 g/mol. The van der Waals surface area contributed by atoms with E-state index in [1.165, 1.54) is 0 Å². The number of aliphatic hydroxyl groups excluding tert-OH is 2. The van der Waals surface area contributed by atoms with Gasteiger partial charge in [0.25, 0.3) is 0 Å². The van der Waals surface area contributed by atoms with Gasteiger partial charge >= 0.3 is 12.1 Å². The second-order valence-electron chi connectivity index (χ2n) is 8.21. The summed E-state index contributed by atoms with van der Waals surface area (Å²) in [6.07, 6.45) is -4.29. The van der Waals surface area contributed by atoms with Crippen LogP contribution in [0.25, 0.3) is 11.1 Å². The van der Waals surface area contributed by atoms with Crippen molar-refractivity contribution in [3.8, 4) is 11.1 Å².